The second kappa shape index (κ2) is 2.21. The van der Waals surface area contributed by atoms with Crippen LogP contribution in [-0.4, -0.2) is 6.10 Å². The Balaban J connectivity index is 2.37. The van der Waals surface area contributed by atoms with E-state index < -0.39 is 0 Å². The summed E-state index contributed by atoms with van der Waals surface area (Å²) in [6.07, 6.45) is 4.61. The van der Waals surface area contributed by atoms with E-state index >= 15 is 0 Å². The smallest absolute Gasteiger partial charge is 0.0988 e. The summed E-state index contributed by atoms with van der Waals surface area (Å²) in [7, 11) is 0. The van der Waals surface area contributed by atoms with Crippen LogP contribution in [0.3, 0.4) is 0 Å². The van der Waals surface area contributed by atoms with Gasteiger partial charge in [-0.2, -0.15) is 0 Å². The van der Waals surface area contributed by atoms with Crippen molar-refractivity contribution in [2.75, 3.05) is 0 Å². The minimum absolute atomic E-state index is 0.435. The zero-order valence-corrected chi connectivity index (χ0v) is 5.48. The van der Waals surface area contributed by atoms with Gasteiger partial charge in [0.2, 0.25) is 0 Å². The minimum atomic E-state index is 0.435. The van der Waals surface area contributed by atoms with E-state index in [9.17, 15) is 0 Å². The van der Waals surface area contributed by atoms with E-state index in [-0.39, 0.29) is 0 Å². The quantitative estimate of drug-likeness (QED) is 0.504. The highest BCUT2D eigenvalue weighted by molar-refractivity contribution is 5.03. The van der Waals surface area contributed by atoms with E-state index in [0.717, 1.165) is 12.8 Å². The zero-order valence-electron chi connectivity index (χ0n) is 5.48. The molecule has 0 aromatic rings. The van der Waals surface area contributed by atoms with Gasteiger partial charge in [-0.05, 0) is 18.9 Å². The summed E-state index contributed by atoms with van der Waals surface area (Å²) in [4.78, 5) is 0. The molecule has 0 bridgehead atoms. The van der Waals surface area contributed by atoms with Crippen LogP contribution in [0.2, 0.25) is 0 Å². The van der Waals surface area contributed by atoms with Crippen LogP contribution >= 0.6 is 0 Å². The molecular formula is C7H12O. The molecule has 0 saturated carbocycles. The van der Waals surface area contributed by atoms with E-state index in [1.807, 2.05) is 6.26 Å². The van der Waals surface area contributed by atoms with Gasteiger partial charge in [-0.15, -0.1) is 0 Å². The lowest BCUT2D eigenvalue weighted by Gasteiger charge is -1.98. The fourth-order valence-electron chi connectivity index (χ4n) is 0.906. The second-order valence-corrected chi connectivity index (χ2v) is 2.28. The second-order valence-electron chi connectivity index (χ2n) is 2.28. The van der Waals surface area contributed by atoms with Crippen LogP contribution in [0.15, 0.2) is 11.8 Å². The Hall–Kier alpha value is -0.460. The van der Waals surface area contributed by atoms with Crippen molar-refractivity contribution in [2.24, 2.45) is 0 Å². The first kappa shape index (κ1) is 5.67. The average Bonchev–Trinajstić information content (AvgIpc) is 2.14. The largest absolute Gasteiger partial charge is 0.498 e. The molecule has 0 aromatic heterocycles. The lowest BCUT2D eigenvalue weighted by Crippen LogP contribution is -1.95. The van der Waals surface area contributed by atoms with Crippen LogP contribution in [0.25, 0.3) is 0 Å². The lowest BCUT2D eigenvalue weighted by molar-refractivity contribution is 0.189. The Labute approximate surface area is 50.3 Å². The van der Waals surface area contributed by atoms with Gasteiger partial charge in [0.1, 0.15) is 0 Å². The van der Waals surface area contributed by atoms with Crippen molar-refractivity contribution in [3.05, 3.63) is 11.8 Å². The van der Waals surface area contributed by atoms with Crippen LogP contribution in [0.4, 0.5) is 0 Å². The number of rotatable bonds is 1. The number of hydrogen-bond donors (Lipinski definition) is 0. The van der Waals surface area contributed by atoms with Crippen molar-refractivity contribution < 1.29 is 4.74 Å². The van der Waals surface area contributed by atoms with E-state index in [1.54, 1.807) is 0 Å². The predicted octanol–water partition coefficient (Wildman–Crippen LogP) is 2.09. The summed E-state index contributed by atoms with van der Waals surface area (Å²) < 4.78 is 5.19. The van der Waals surface area contributed by atoms with Crippen molar-refractivity contribution in [3.8, 4) is 0 Å². The molecule has 1 nitrogen and oxygen atoms in total. The van der Waals surface area contributed by atoms with Gasteiger partial charge < -0.3 is 4.74 Å². The minimum Gasteiger partial charge on any atom is -0.498 e. The van der Waals surface area contributed by atoms with Crippen LogP contribution in [0.5, 0.6) is 0 Å². The van der Waals surface area contributed by atoms with Gasteiger partial charge in [-0.3, -0.25) is 0 Å². The molecule has 46 valence electrons. The molecule has 0 N–H and O–H groups in total. The fraction of sp³-hybridized carbons (Fsp3) is 0.714. The van der Waals surface area contributed by atoms with Gasteiger partial charge in [-0.1, -0.05) is 6.92 Å². The molecule has 0 aliphatic carbocycles. The normalized spacial score (nSPS) is 27.2. The molecule has 1 aliphatic rings. The molecule has 1 heteroatoms. The third kappa shape index (κ3) is 1.03. The molecule has 1 heterocycles. The Morgan fingerprint density at radius 1 is 1.88 bits per heavy atom. The molecule has 0 aromatic carbocycles. The first-order valence-electron chi connectivity index (χ1n) is 3.16. The van der Waals surface area contributed by atoms with Gasteiger partial charge in [0.05, 0.1) is 12.4 Å². The summed E-state index contributed by atoms with van der Waals surface area (Å²) in [6, 6.07) is 0. The molecule has 0 spiro atoms. The van der Waals surface area contributed by atoms with Crippen molar-refractivity contribution >= 4 is 0 Å². The predicted molar refractivity (Wildman–Crippen MR) is 33.5 cm³/mol. The van der Waals surface area contributed by atoms with Gasteiger partial charge in [0, 0.05) is 6.42 Å². The summed E-state index contributed by atoms with van der Waals surface area (Å²) in [6.45, 7) is 4.26. The summed E-state index contributed by atoms with van der Waals surface area (Å²) in [5.41, 5.74) is 1.44. The topological polar surface area (TPSA) is 9.23 Å². The molecule has 1 rings (SSSR count). The summed E-state index contributed by atoms with van der Waals surface area (Å²) in [5, 5.41) is 0. The van der Waals surface area contributed by atoms with Crippen molar-refractivity contribution in [1.82, 2.24) is 0 Å². The molecule has 0 amide bonds. The van der Waals surface area contributed by atoms with Crippen molar-refractivity contribution in [1.29, 1.82) is 0 Å². The molecule has 0 fully saturated rings. The van der Waals surface area contributed by atoms with Crippen molar-refractivity contribution in [2.45, 2.75) is 32.8 Å². The fourth-order valence-corrected chi connectivity index (χ4v) is 0.906. The van der Waals surface area contributed by atoms with Crippen LogP contribution in [0, 0.1) is 0 Å². The Kier molecular flexibility index (Phi) is 1.56. The average molecular weight is 112 g/mol. The molecule has 1 unspecified atom stereocenters. The maximum absolute atomic E-state index is 5.19. The monoisotopic (exact) mass is 112 g/mol. The standard InChI is InChI=1S/C7H12O/c1-3-7-4-6(2)8-5-7/h5-6H,3-4H2,1-2H3. The van der Waals surface area contributed by atoms with E-state index in [0.29, 0.717) is 6.10 Å². The summed E-state index contributed by atoms with van der Waals surface area (Å²) in [5.74, 6) is 0. The molecule has 1 atom stereocenters. The first-order chi connectivity index (χ1) is 3.83. The maximum Gasteiger partial charge on any atom is 0.0988 e. The van der Waals surface area contributed by atoms with Crippen molar-refractivity contribution in [3.63, 3.8) is 0 Å². The third-order valence-electron chi connectivity index (χ3n) is 1.47. The van der Waals surface area contributed by atoms with Gasteiger partial charge >= 0.3 is 0 Å². The Morgan fingerprint density at radius 3 is 2.88 bits per heavy atom. The van der Waals surface area contributed by atoms with E-state index in [1.165, 1.54) is 5.57 Å². The Morgan fingerprint density at radius 2 is 2.62 bits per heavy atom. The van der Waals surface area contributed by atoms with Crippen LogP contribution in [0.1, 0.15) is 26.7 Å². The number of hydrogen-bond acceptors (Lipinski definition) is 1. The zero-order chi connectivity index (χ0) is 5.98. The molecule has 1 aliphatic heterocycles. The Bertz CT molecular complexity index is 105. The molecular weight excluding hydrogens is 100 g/mol. The lowest BCUT2D eigenvalue weighted by atomic mass is 10.1. The SMILES string of the molecule is CCC1=COC(C)C1. The molecule has 0 saturated heterocycles. The highest BCUT2D eigenvalue weighted by Crippen LogP contribution is 2.18. The first-order valence-corrected chi connectivity index (χ1v) is 3.16. The van der Waals surface area contributed by atoms with Gasteiger partial charge in [0.25, 0.3) is 0 Å². The third-order valence-corrected chi connectivity index (χ3v) is 1.47. The highest BCUT2D eigenvalue weighted by Gasteiger charge is 2.10. The van der Waals surface area contributed by atoms with Gasteiger partial charge in [-0.25, -0.2) is 0 Å². The molecule has 0 radical (unpaired) electrons. The van der Waals surface area contributed by atoms with E-state index in [4.69, 9.17) is 4.74 Å². The summed E-state index contributed by atoms with van der Waals surface area (Å²) >= 11 is 0. The molecule has 8 heavy (non-hydrogen) atoms. The van der Waals surface area contributed by atoms with E-state index in [2.05, 4.69) is 13.8 Å². The maximum atomic E-state index is 5.19. The highest BCUT2D eigenvalue weighted by atomic mass is 16.5. The van der Waals surface area contributed by atoms with Gasteiger partial charge in [0.15, 0.2) is 0 Å². The van der Waals surface area contributed by atoms with Crippen LogP contribution < -0.4 is 0 Å². The van der Waals surface area contributed by atoms with Crippen LogP contribution in [-0.2, 0) is 4.74 Å². The number of ether oxygens (including phenoxy) is 1.